The summed E-state index contributed by atoms with van der Waals surface area (Å²) >= 11 is 0. The molecule has 2 rings (SSSR count). The molecule has 1 aliphatic rings. The van der Waals surface area contributed by atoms with Crippen LogP contribution in [-0.4, -0.2) is 22.7 Å². The number of rotatable bonds is 5. The molecule has 4 heteroatoms. The van der Waals surface area contributed by atoms with Gasteiger partial charge in [-0.1, -0.05) is 6.92 Å². The molecule has 0 saturated heterocycles. The predicted octanol–water partition coefficient (Wildman–Crippen LogP) is 1.57. The molecule has 1 heterocycles. The molecule has 0 aliphatic heterocycles. The number of nitrogens with one attached hydrogen (secondary N) is 1. The highest BCUT2D eigenvalue weighted by atomic mass is 19.1. The molecule has 1 aliphatic carbocycles. The van der Waals surface area contributed by atoms with Crippen LogP contribution in [0.5, 0.6) is 0 Å². The van der Waals surface area contributed by atoms with Crippen molar-refractivity contribution in [2.45, 2.75) is 37.8 Å². The van der Waals surface area contributed by atoms with E-state index in [2.05, 4.69) is 10.3 Å². The number of aliphatic hydroxyl groups excluding tert-OH is 1. The van der Waals surface area contributed by atoms with Gasteiger partial charge in [-0.15, -0.1) is 0 Å². The van der Waals surface area contributed by atoms with Crippen LogP contribution in [0.3, 0.4) is 0 Å². The normalized spacial score (nSPS) is 19.4. The molecule has 1 fully saturated rings. The summed E-state index contributed by atoms with van der Waals surface area (Å²) in [4.78, 5) is 4.08. The third kappa shape index (κ3) is 2.23. The highest BCUT2D eigenvalue weighted by molar-refractivity contribution is 5.17. The summed E-state index contributed by atoms with van der Waals surface area (Å²) in [6.45, 7) is 1.98. The Labute approximate surface area is 94.7 Å². The van der Waals surface area contributed by atoms with Crippen molar-refractivity contribution in [2.75, 3.05) is 6.61 Å². The van der Waals surface area contributed by atoms with Gasteiger partial charge in [0.1, 0.15) is 5.82 Å². The Bertz CT molecular complexity index is 345. The van der Waals surface area contributed by atoms with Crippen molar-refractivity contribution in [1.82, 2.24) is 10.3 Å². The Morgan fingerprint density at radius 2 is 2.31 bits per heavy atom. The van der Waals surface area contributed by atoms with E-state index in [-0.39, 0.29) is 12.4 Å². The van der Waals surface area contributed by atoms with Gasteiger partial charge in [-0.05, 0) is 31.4 Å². The molecule has 1 atom stereocenters. The lowest BCUT2D eigenvalue weighted by Crippen LogP contribution is -2.47. The van der Waals surface area contributed by atoms with Gasteiger partial charge in [-0.2, -0.15) is 0 Å². The van der Waals surface area contributed by atoms with E-state index in [1.807, 2.05) is 6.92 Å². The summed E-state index contributed by atoms with van der Waals surface area (Å²) in [7, 11) is 0. The molecule has 3 nitrogen and oxygen atoms in total. The summed E-state index contributed by atoms with van der Waals surface area (Å²) < 4.78 is 12.8. The second kappa shape index (κ2) is 4.47. The Hall–Kier alpha value is -1.00. The summed E-state index contributed by atoms with van der Waals surface area (Å²) in [5.74, 6) is -0.349. The van der Waals surface area contributed by atoms with Crippen molar-refractivity contribution in [3.05, 3.63) is 29.8 Å². The molecule has 16 heavy (non-hydrogen) atoms. The van der Waals surface area contributed by atoms with Crippen LogP contribution < -0.4 is 5.32 Å². The Morgan fingerprint density at radius 1 is 1.56 bits per heavy atom. The number of pyridine rings is 1. The lowest BCUT2D eigenvalue weighted by atomic mass is 9.92. The van der Waals surface area contributed by atoms with E-state index in [1.165, 1.54) is 12.3 Å². The molecule has 88 valence electrons. The number of hydrogen-bond acceptors (Lipinski definition) is 3. The molecule has 1 aromatic rings. The van der Waals surface area contributed by atoms with Crippen LogP contribution >= 0.6 is 0 Å². The smallest absolute Gasteiger partial charge is 0.141 e. The monoisotopic (exact) mass is 224 g/mol. The van der Waals surface area contributed by atoms with Crippen LogP contribution in [0.4, 0.5) is 4.39 Å². The second-order valence-electron chi connectivity index (χ2n) is 4.37. The van der Waals surface area contributed by atoms with Gasteiger partial charge in [0.15, 0.2) is 0 Å². The largest absolute Gasteiger partial charge is 0.394 e. The van der Waals surface area contributed by atoms with Crippen LogP contribution in [0.15, 0.2) is 18.3 Å². The SMILES string of the molecule is CCC(CO)(NC1CC1)c1ccc(F)cn1. The first kappa shape index (κ1) is 11.5. The maximum absolute atomic E-state index is 12.8. The van der Waals surface area contributed by atoms with Crippen molar-refractivity contribution in [2.24, 2.45) is 0 Å². The van der Waals surface area contributed by atoms with Crippen LogP contribution in [0.2, 0.25) is 0 Å². The quantitative estimate of drug-likeness (QED) is 0.798. The van der Waals surface area contributed by atoms with Crippen molar-refractivity contribution in [3.8, 4) is 0 Å². The van der Waals surface area contributed by atoms with Crippen LogP contribution in [-0.2, 0) is 5.54 Å². The van der Waals surface area contributed by atoms with Crippen LogP contribution in [0.25, 0.3) is 0 Å². The zero-order valence-corrected chi connectivity index (χ0v) is 9.41. The van der Waals surface area contributed by atoms with E-state index < -0.39 is 5.54 Å². The van der Waals surface area contributed by atoms with Crippen molar-refractivity contribution in [1.29, 1.82) is 0 Å². The lowest BCUT2D eigenvalue weighted by molar-refractivity contribution is 0.149. The number of aliphatic hydroxyl groups is 1. The molecule has 0 amide bonds. The summed E-state index contributed by atoms with van der Waals surface area (Å²) in [6.07, 6.45) is 4.22. The average Bonchev–Trinajstić information content (AvgIpc) is 3.11. The summed E-state index contributed by atoms with van der Waals surface area (Å²) in [5.41, 5.74) is 0.195. The van der Waals surface area contributed by atoms with E-state index >= 15 is 0 Å². The molecule has 0 aromatic carbocycles. The molecule has 0 bridgehead atoms. The Balaban J connectivity index is 2.25. The minimum absolute atomic E-state index is 0.0152. The molecular formula is C12H17FN2O. The van der Waals surface area contributed by atoms with Gasteiger partial charge in [0.25, 0.3) is 0 Å². The molecule has 2 N–H and O–H groups in total. The predicted molar refractivity (Wildman–Crippen MR) is 59.4 cm³/mol. The van der Waals surface area contributed by atoms with Gasteiger partial charge < -0.3 is 10.4 Å². The highest BCUT2D eigenvalue weighted by Crippen LogP contribution is 2.29. The molecule has 1 saturated carbocycles. The highest BCUT2D eigenvalue weighted by Gasteiger charge is 2.36. The lowest BCUT2D eigenvalue weighted by Gasteiger charge is -2.31. The number of halogens is 1. The maximum Gasteiger partial charge on any atom is 0.141 e. The first-order valence-electron chi connectivity index (χ1n) is 5.71. The minimum atomic E-state index is -0.519. The van der Waals surface area contributed by atoms with Gasteiger partial charge in [0, 0.05) is 6.04 Å². The topological polar surface area (TPSA) is 45.1 Å². The number of nitrogens with zero attached hydrogens (tertiary/aromatic N) is 1. The fourth-order valence-corrected chi connectivity index (χ4v) is 1.87. The van der Waals surface area contributed by atoms with Gasteiger partial charge in [0.2, 0.25) is 0 Å². The Morgan fingerprint density at radius 3 is 2.75 bits per heavy atom. The fourth-order valence-electron chi connectivity index (χ4n) is 1.87. The zero-order chi connectivity index (χ0) is 11.6. The summed E-state index contributed by atoms with van der Waals surface area (Å²) in [5, 5.41) is 13.0. The number of aromatic nitrogens is 1. The van der Waals surface area contributed by atoms with Gasteiger partial charge in [0.05, 0.1) is 24.0 Å². The molecule has 1 unspecified atom stereocenters. The third-order valence-corrected chi connectivity index (χ3v) is 3.15. The number of hydrogen-bond donors (Lipinski definition) is 2. The average molecular weight is 224 g/mol. The Kier molecular flexibility index (Phi) is 3.21. The molecule has 0 radical (unpaired) electrons. The zero-order valence-electron chi connectivity index (χ0n) is 9.41. The molecule has 1 aromatic heterocycles. The first-order valence-corrected chi connectivity index (χ1v) is 5.71. The van der Waals surface area contributed by atoms with Gasteiger partial charge in [-0.25, -0.2) is 4.39 Å². The van der Waals surface area contributed by atoms with Gasteiger partial charge in [-0.3, -0.25) is 4.98 Å². The molecular weight excluding hydrogens is 207 g/mol. The van der Waals surface area contributed by atoms with Crippen LogP contribution in [0, 0.1) is 5.82 Å². The molecule has 0 spiro atoms. The van der Waals surface area contributed by atoms with E-state index in [0.29, 0.717) is 11.7 Å². The maximum atomic E-state index is 12.8. The van der Waals surface area contributed by atoms with E-state index in [1.54, 1.807) is 6.07 Å². The van der Waals surface area contributed by atoms with Crippen molar-refractivity contribution in [3.63, 3.8) is 0 Å². The van der Waals surface area contributed by atoms with E-state index in [0.717, 1.165) is 19.3 Å². The van der Waals surface area contributed by atoms with E-state index in [4.69, 9.17) is 0 Å². The first-order chi connectivity index (χ1) is 7.70. The summed E-state index contributed by atoms with van der Waals surface area (Å²) in [6, 6.07) is 3.50. The van der Waals surface area contributed by atoms with Crippen LogP contribution in [0.1, 0.15) is 31.9 Å². The third-order valence-electron chi connectivity index (χ3n) is 3.15. The minimum Gasteiger partial charge on any atom is -0.394 e. The van der Waals surface area contributed by atoms with Gasteiger partial charge >= 0.3 is 0 Å². The fraction of sp³-hybridized carbons (Fsp3) is 0.583. The standard InChI is InChI=1S/C12H17FN2O/c1-2-12(8-16,15-10-4-5-10)11-6-3-9(13)7-14-11/h3,6-7,10,15-16H,2,4-5,8H2,1H3. The van der Waals surface area contributed by atoms with Crippen molar-refractivity contribution >= 4 is 0 Å². The van der Waals surface area contributed by atoms with Crippen molar-refractivity contribution < 1.29 is 9.50 Å². The van der Waals surface area contributed by atoms with E-state index in [9.17, 15) is 9.50 Å². The second-order valence-corrected chi connectivity index (χ2v) is 4.37.